The van der Waals surface area contributed by atoms with Crippen molar-refractivity contribution in [3.8, 4) is 0 Å². The number of aryl methyl sites for hydroxylation is 1. The molecule has 166 valence electrons. The van der Waals surface area contributed by atoms with Crippen molar-refractivity contribution in [3.63, 3.8) is 0 Å². The number of rotatable bonds is 7. The first-order chi connectivity index (χ1) is 15.1. The van der Waals surface area contributed by atoms with Gasteiger partial charge >= 0.3 is 5.97 Å². The topological polar surface area (TPSA) is 89.5 Å². The van der Waals surface area contributed by atoms with Crippen LogP contribution in [-0.4, -0.2) is 26.6 Å². The van der Waals surface area contributed by atoms with E-state index in [1.165, 1.54) is 12.1 Å². The maximum Gasteiger partial charge on any atom is 0.339 e. The predicted molar refractivity (Wildman–Crippen MR) is 124 cm³/mol. The van der Waals surface area contributed by atoms with Crippen LogP contribution in [0.1, 0.15) is 33.2 Å². The zero-order chi connectivity index (χ0) is 23.3. The average molecular weight is 472 g/mol. The Hall–Kier alpha value is -3.16. The molecule has 1 amide bonds. The van der Waals surface area contributed by atoms with Crippen LogP contribution in [0.2, 0.25) is 5.02 Å². The minimum absolute atomic E-state index is 0.151. The standard InChI is InChI=1S/C24H22ClNO5S/c1-16-11-12-20(14-21(16)25)26-23(27)22(18-8-4-3-5-9-18)31-24(28)19-10-6-7-17(13-19)15-32(2,29)30/h3-14,22H,15H2,1-2H3,(H,26,27). The molecular weight excluding hydrogens is 450 g/mol. The summed E-state index contributed by atoms with van der Waals surface area (Å²) >= 11 is 6.14. The van der Waals surface area contributed by atoms with Gasteiger partial charge in [0.05, 0.1) is 11.3 Å². The molecule has 0 aliphatic carbocycles. The highest BCUT2D eigenvalue weighted by atomic mass is 35.5. The van der Waals surface area contributed by atoms with Crippen molar-refractivity contribution in [3.05, 3.63) is 100 Å². The highest BCUT2D eigenvalue weighted by Gasteiger charge is 2.26. The molecule has 3 aromatic carbocycles. The molecule has 0 saturated heterocycles. The van der Waals surface area contributed by atoms with Gasteiger partial charge in [0.25, 0.3) is 5.91 Å². The van der Waals surface area contributed by atoms with E-state index in [-0.39, 0.29) is 11.3 Å². The maximum absolute atomic E-state index is 13.0. The Balaban J connectivity index is 1.85. The fraction of sp³-hybridized carbons (Fsp3) is 0.167. The number of ether oxygens (including phenoxy) is 1. The smallest absolute Gasteiger partial charge is 0.339 e. The van der Waals surface area contributed by atoms with Crippen molar-refractivity contribution < 1.29 is 22.7 Å². The number of hydrogen-bond acceptors (Lipinski definition) is 5. The molecule has 0 radical (unpaired) electrons. The number of nitrogens with one attached hydrogen (secondary N) is 1. The first-order valence-electron chi connectivity index (χ1n) is 9.72. The van der Waals surface area contributed by atoms with E-state index >= 15 is 0 Å². The molecule has 0 aliphatic rings. The van der Waals surface area contributed by atoms with Crippen LogP contribution >= 0.6 is 11.6 Å². The Labute approximate surface area is 192 Å². The summed E-state index contributed by atoms with van der Waals surface area (Å²) in [4.78, 5) is 25.8. The summed E-state index contributed by atoms with van der Waals surface area (Å²) in [5, 5.41) is 3.23. The number of esters is 1. The van der Waals surface area contributed by atoms with Crippen molar-refractivity contribution in [1.29, 1.82) is 0 Å². The molecular formula is C24H22ClNO5S. The minimum atomic E-state index is -3.27. The molecule has 3 rings (SSSR count). The molecule has 8 heteroatoms. The molecule has 0 aliphatic heterocycles. The second-order valence-electron chi connectivity index (χ2n) is 7.42. The van der Waals surface area contributed by atoms with E-state index in [1.54, 1.807) is 60.7 Å². The fourth-order valence-electron chi connectivity index (χ4n) is 3.05. The summed E-state index contributed by atoms with van der Waals surface area (Å²) in [5.41, 5.74) is 2.43. The Morgan fingerprint density at radius 1 is 1.00 bits per heavy atom. The van der Waals surface area contributed by atoms with E-state index < -0.39 is 27.8 Å². The molecule has 1 atom stereocenters. The van der Waals surface area contributed by atoms with Crippen LogP contribution in [0.4, 0.5) is 5.69 Å². The van der Waals surface area contributed by atoms with Gasteiger partial charge in [0.15, 0.2) is 9.84 Å². The Morgan fingerprint density at radius 3 is 2.38 bits per heavy atom. The van der Waals surface area contributed by atoms with Gasteiger partial charge in [0, 0.05) is 22.5 Å². The van der Waals surface area contributed by atoms with Crippen molar-refractivity contribution in [2.45, 2.75) is 18.8 Å². The number of benzene rings is 3. The highest BCUT2D eigenvalue weighted by molar-refractivity contribution is 7.89. The van der Waals surface area contributed by atoms with Crippen LogP contribution in [0, 0.1) is 6.92 Å². The zero-order valence-electron chi connectivity index (χ0n) is 17.5. The SMILES string of the molecule is Cc1ccc(NC(=O)C(OC(=O)c2cccc(CS(C)(=O)=O)c2)c2ccccc2)cc1Cl. The largest absolute Gasteiger partial charge is 0.444 e. The molecule has 0 bridgehead atoms. The summed E-state index contributed by atoms with van der Waals surface area (Å²) in [7, 11) is -3.27. The predicted octanol–water partition coefficient (Wildman–Crippen LogP) is 4.73. The normalized spacial score (nSPS) is 12.1. The van der Waals surface area contributed by atoms with E-state index in [4.69, 9.17) is 16.3 Å². The molecule has 0 saturated carbocycles. The van der Waals surface area contributed by atoms with Crippen LogP contribution < -0.4 is 5.32 Å². The number of hydrogen-bond donors (Lipinski definition) is 1. The van der Waals surface area contributed by atoms with E-state index in [2.05, 4.69) is 5.32 Å². The molecule has 0 spiro atoms. The molecule has 0 fully saturated rings. The lowest BCUT2D eigenvalue weighted by Gasteiger charge is -2.18. The lowest BCUT2D eigenvalue weighted by atomic mass is 10.1. The summed E-state index contributed by atoms with van der Waals surface area (Å²) in [6.07, 6.45) is -0.104. The van der Waals surface area contributed by atoms with Crippen LogP contribution in [0.15, 0.2) is 72.8 Å². The van der Waals surface area contributed by atoms with E-state index in [9.17, 15) is 18.0 Å². The van der Waals surface area contributed by atoms with E-state index in [0.717, 1.165) is 11.8 Å². The summed E-state index contributed by atoms with van der Waals surface area (Å²) < 4.78 is 28.7. The van der Waals surface area contributed by atoms with Crippen LogP contribution in [-0.2, 0) is 25.1 Å². The second kappa shape index (κ2) is 9.97. The van der Waals surface area contributed by atoms with Gasteiger partial charge in [-0.1, -0.05) is 60.1 Å². The van der Waals surface area contributed by atoms with Gasteiger partial charge in [-0.3, -0.25) is 4.79 Å². The number of sulfone groups is 1. The Bertz CT molecular complexity index is 1240. The van der Waals surface area contributed by atoms with Crippen molar-refractivity contribution >= 4 is 39.0 Å². The highest BCUT2D eigenvalue weighted by Crippen LogP contribution is 2.24. The first kappa shape index (κ1) is 23.5. The van der Waals surface area contributed by atoms with E-state index in [0.29, 0.717) is 21.8 Å². The van der Waals surface area contributed by atoms with Gasteiger partial charge in [-0.05, 0) is 42.3 Å². The Kier molecular flexibility index (Phi) is 7.33. The molecule has 32 heavy (non-hydrogen) atoms. The molecule has 0 heterocycles. The number of carbonyl (C=O) groups excluding carboxylic acids is 2. The van der Waals surface area contributed by atoms with Crippen LogP contribution in [0.3, 0.4) is 0 Å². The third-order valence-corrected chi connectivity index (χ3v) is 5.86. The zero-order valence-corrected chi connectivity index (χ0v) is 19.1. The maximum atomic E-state index is 13.0. The third kappa shape index (κ3) is 6.42. The van der Waals surface area contributed by atoms with Gasteiger partial charge in [-0.25, -0.2) is 13.2 Å². The molecule has 6 nitrogen and oxygen atoms in total. The lowest BCUT2D eigenvalue weighted by Crippen LogP contribution is -2.26. The molecule has 1 N–H and O–H groups in total. The first-order valence-corrected chi connectivity index (χ1v) is 12.2. The van der Waals surface area contributed by atoms with Gasteiger partial charge < -0.3 is 10.1 Å². The number of carbonyl (C=O) groups is 2. The molecule has 1 unspecified atom stereocenters. The average Bonchev–Trinajstić information content (AvgIpc) is 2.74. The van der Waals surface area contributed by atoms with Gasteiger partial charge in [0.1, 0.15) is 0 Å². The van der Waals surface area contributed by atoms with Crippen molar-refractivity contribution in [2.75, 3.05) is 11.6 Å². The van der Waals surface area contributed by atoms with Gasteiger partial charge in [-0.15, -0.1) is 0 Å². The quantitative estimate of drug-likeness (QED) is 0.503. The van der Waals surface area contributed by atoms with Crippen molar-refractivity contribution in [2.24, 2.45) is 0 Å². The molecule has 0 aromatic heterocycles. The fourth-order valence-corrected chi connectivity index (χ4v) is 4.01. The van der Waals surface area contributed by atoms with E-state index in [1.807, 2.05) is 6.92 Å². The summed E-state index contributed by atoms with van der Waals surface area (Å²) in [6.45, 7) is 1.85. The third-order valence-electron chi connectivity index (χ3n) is 4.60. The number of halogens is 1. The lowest BCUT2D eigenvalue weighted by molar-refractivity contribution is -0.125. The monoisotopic (exact) mass is 471 g/mol. The second-order valence-corrected chi connectivity index (χ2v) is 9.97. The Morgan fingerprint density at radius 2 is 1.72 bits per heavy atom. The number of anilines is 1. The number of amides is 1. The van der Waals surface area contributed by atoms with Gasteiger partial charge in [-0.2, -0.15) is 0 Å². The minimum Gasteiger partial charge on any atom is -0.444 e. The van der Waals surface area contributed by atoms with Crippen LogP contribution in [0.25, 0.3) is 0 Å². The molecule has 3 aromatic rings. The summed E-state index contributed by atoms with van der Waals surface area (Å²) in [6, 6.07) is 19.9. The summed E-state index contributed by atoms with van der Waals surface area (Å²) in [5.74, 6) is -1.49. The van der Waals surface area contributed by atoms with Gasteiger partial charge in [0.2, 0.25) is 6.10 Å². The van der Waals surface area contributed by atoms with Crippen LogP contribution in [0.5, 0.6) is 0 Å². The van der Waals surface area contributed by atoms with Crippen molar-refractivity contribution in [1.82, 2.24) is 0 Å².